The van der Waals surface area contributed by atoms with Crippen LogP contribution < -0.4 is 0 Å². The Labute approximate surface area is 98.8 Å². The van der Waals surface area contributed by atoms with Crippen LogP contribution in [0.25, 0.3) is 0 Å². The summed E-state index contributed by atoms with van der Waals surface area (Å²) in [7, 11) is 0. The second kappa shape index (κ2) is 6.70. The van der Waals surface area contributed by atoms with E-state index in [9.17, 15) is 9.59 Å². The zero-order chi connectivity index (χ0) is 12.7. The summed E-state index contributed by atoms with van der Waals surface area (Å²) < 4.78 is 19.1. The first-order chi connectivity index (χ1) is 8.13. The molecule has 0 bridgehead atoms. The molecule has 1 aliphatic heterocycles. The molecule has 1 saturated heterocycles. The van der Waals surface area contributed by atoms with Gasteiger partial charge in [-0.15, -0.1) is 6.58 Å². The molecule has 0 aromatic carbocycles. The fraction of sp³-hybridized carbons (Fsp3) is 0.455. The molecule has 0 aromatic rings. The van der Waals surface area contributed by atoms with Gasteiger partial charge in [0.2, 0.25) is 0 Å². The summed E-state index contributed by atoms with van der Waals surface area (Å²) in [6.45, 7) is 7.43. The molecule has 6 nitrogen and oxygen atoms in total. The normalized spacial score (nSPS) is 18.1. The molecular formula is C11H14O6. The fourth-order valence-electron chi connectivity index (χ4n) is 1.04. The summed E-state index contributed by atoms with van der Waals surface area (Å²) in [5, 5.41) is 0. The minimum Gasteiger partial charge on any atom is -0.458 e. The van der Waals surface area contributed by atoms with Crippen molar-refractivity contribution in [3.63, 3.8) is 0 Å². The number of esters is 1. The average Bonchev–Trinajstić information content (AvgIpc) is 2.72. The Morgan fingerprint density at radius 3 is 2.94 bits per heavy atom. The number of rotatable bonds is 7. The predicted molar refractivity (Wildman–Crippen MR) is 57.3 cm³/mol. The number of carbonyl (C=O) groups excluding carboxylic acids is 2. The van der Waals surface area contributed by atoms with E-state index in [2.05, 4.69) is 22.6 Å². The van der Waals surface area contributed by atoms with E-state index in [1.165, 1.54) is 0 Å². The molecule has 1 aliphatic rings. The average molecular weight is 242 g/mol. The standard InChI is InChI=1S/C11H14O6/c1-3-4-14-5-8(2)10(12)15-6-9-7-16-11(13)17-9/h3,9H,1-2,4-7H2. The van der Waals surface area contributed by atoms with Crippen LogP contribution in [0.2, 0.25) is 0 Å². The van der Waals surface area contributed by atoms with Crippen LogP contribution in [0, 0.1) is 0 Å². The molecule has 1 heterocycles. The first kappa shape index (κ1) is 13.2. The smallest absolute Gasteiger partial charge is 0.458 e. The first-order valence-electron chi connectivity index (χ1n) is 5.00. The van der Waals surface area contributed by atoms with E-state index in [-0.39, 0.29) is 25.4 Å². The van der Waals surface area contributed by atoms with E-state index in [1.54, 1.807) is 6.08 Å². The van der Waals surface area contributed by atoms with E-state index in [0.717, 1.165) is 0 Å². The molecule has 0 amide bonds. The van der Waals surface area contributed by atoms with E-state index in [1.807, 2.05) is 0 Å². The highest BCUT2D eigenvalue weighted by atomic mass is 16.8. The largest absolute Gasteiger partial charge is 0.508 e. The topological polar surface area (TPSA) is 71.1 Å². The van der Waals surface area contributed by atoms with E-state index < -0.39 is 18.2 Å². The van der Waals surface area contributed by atoms with Crippen LogP contribution in [0.15, 0.2) is 24.8 Å². The van der Waals surface area contributed by atoms with Gasteiger partial charge in [-0.2, -0.15) is 0 Å². The highest BCUT2D eigenvalue weighted by Gasteiger charge is 2.26. The third-order valence-electron chi connectivity index (χ3n) is 1.85. The van der Waals surface area contributed by atoms with E-state index in [4.69, 9.17) is 9.47 Å². The molecule has 1 rings (SSSR count). The predicted octanol–water partition coefficient (Wildman–Crippen LogP) is 0.824. The van der Waals surface area contributed by atoms with Crippen molar-refractivity contribution in [2.24, 2.45) is 0 Å². The Kier molecular flexibility index (Phi) is 5.22. The molecule has 0 radical (unpaired) electrons. The van der Waals surface area contributed by atoms with Crippen molar-refractivity contribution in [2.75, 3.05) is 26.4 Å². The Bertz CT molecular complexity index is 322. The van der Waals surface area contributed by atoms with E-state index in [0.29, 0.717) is 6.61 Å². The SMILES string of the molecule is C=CCOCC(=C)C(=O)OCC1COC(=O)O1. The van der Waals surface area contributed by atoms with Crippen LogP contribution in [0.1, 0.15) is 0 Å². The molecule has 1 fully saturated rings. The van der Waals surface area contributed by atoms with Crippen molar-refractivity contribution in [1.82, 2.24) is 0 Å². The van der Waals surface area contributed by atoms with Gasteiger partial charge in [-0.25, -0.2) is 9.59 Å². The number of cyclic esters (lactones) is 2. The Morgan fingerprint density at radius 2 is 2.35 bits per heavy atom. The monoisotopic (exact) mass is 242 g/mol. The zero-order valence-electron chi connectivity index (χ0n) is 9.35. The lowest BCUT2D eigenvalue weighted by atomic mass is 10.3. The van der Waals surface area contributed by atoms with Crippen molar-refractivity contribution in [3.05, 3.63) is 24.8 Å². The molecule has 17 heavy (non-hydrogen) atoms. The molecule has 0 aromatic heterocycles. The lowest BCUT2D eigenvalue weighted by molar-refractivity contribution is -0.142. The van der Waals surface area contributed by atoms with Crippen molar-refractivity contribution in [3.8, 4) is 0 Å². The van der Waals surface area contributed by atoms with Crippen molar-refractivity contribution in [1.29, 1.82) is 0 Å². The van der Waals surface area contributed by atoms with Gasteiger partial charge in [-0.05, 0) is 0 Å². The molecule has 1 atom stereocenters. The third kappa shape index (κ3) is 4.69. The van der Waals surface area contributed by atoms with Crippen molar-refractivity contribution < 1.29 is 28.5 Å². The number of hydrogen-bond acceptors (Lipinski definition) is 6. The summed E-state index contributed by atoms with van der Waals surface area (Å²) in [4.78, 5) is 21.9. The van der Waals surface area contributed by atoms with Gasteiger partial charge in [0.1, 0.15) is 13.2 Å². The lowest BCUT2D eigenvalue weighted by Gasteiger charge is -2.09. The molecule has 1 unspecified atom stereocenters. The Morgan fingerprint density at radius 1 is 1.59 bits per heavy atom. The second-order valence-corrected chi connectivity index (χ2v) is 3.31. The molecule has 0 saturated carbocycles. The molecular weight excluding hydrogens is 228 g/mol. The van der Waals surface area contributed by atoms with Gasteiger partial charge < -0.3 is 18.9 Å². The summed E-state index contributed by atoms with van der Waals surface area (Å²) >= 11 is 0. The Balaban J connectivity index is 2.17. The first-order valence-corrected chi connectivity index (χ1v) is 5.00. The third-order valence-corrected chi connectivity index (χ3v) is 1.85. The van der Waals surface area contributed by atoms with Crippen LogP contribution in [0.4, 0.5) is 4.79 Å². The Hall–Kier alpha value is -1.82. The quantitative estimate of drug-likeness (QED) is 0.285. The molecule has 94 valence electrons. The number of hydrogen-bond donors (Lipinski definition) is 0. The number of carbonyl (C=O) groups is 2. The molecule has 6 heteroatoms. The zero-order valence-corrected chi connectivity index (χ0v) is 9.35. The van der Waals surface area contributed by atoms with Crippen molar-refractivity contribution >= 4 is 12.1 Å². The number of ether oxygens (including phenoxy) is 4. The maximum atomic E-state index is 11.4. The van der Waals surface area contributed by atoms with Gasteiger partial charge in [-0.3, -0.25) is 0 Å². The van der Waals surface area contributed by atoms with Crippen molar-refractivity contribution in [2.45, 2.75) is 6.10 Å². The summed E-state index contributed by atoms with van der Waals surface area (Å²) in [6.07, 6.45) is 0.265. The highest BCUT2D eigenvalue weighted by molar-refractivity contribution is 5.88. The highest BCUT2D eigenvalue weighted by Crippen LogP contribution is 2.07. The lowest BCUT2D eigenvalue weighted by Crippen LogP contribution is -2.22. The second-order valence-electron chi connectivity index (χ2n) is 3.31. The van der Waals surface area contributed by atoms with E-state index >= 15 is 0 Å². The van der Waals surface area contributed by atoms with Crippen LogP contribution in [-0.2, 0) is 23.7 Å². The van der Waals surface area contributed by atoms with Crippen LogP contribution in [0.5, 0.6) is 0 Å². The minimum absolute atomic E-state index is 0.0505. The summed E-state index contributed by atoms with van der Waals surface area (Å²) in [5.41, 5.74) is 0.192. The van der Waals surface area contributed by atoms with Gasteiger partial charge in [-0.1, -0.05) is 12.7 Å². The van der Waals surface area contributed by atoms with Crippen LogP contribution in [-0.4, -0.2) is 44.7 Å². The van der Waals surface area contributed by atoms with Gasteiger partial charge >= 0.3 is 12.1 Å². The van der Waals surface area contributed by atoms with Gasteiger partial charge in [0.15, 0.2) is 6.10 Å². The molecule has 0 spiro atoms. The minimum atomic E-state index is -0.751. The van der Waals surface area contributed by atoms with Gasteiger partial charge in [0, 0.05) is 0 Å². The maximum Gasteiger partial charge on any atom is 0.508 e. The van der Waals surface area contributed by atoms with Crippen LogP contribution >= 0.6 is 0 Å². The summed E-state index contributed by atoms with van der Waals surface area (Å²) in [6, 6.07) is 0. The summed E-state index contributed by atoms with van der Waals surface area (Å²) in [5.74, 6) is -0.586. The maximum absolute atomic E-state index is 11.4. The molecule has 0 aliphatic carbocycles. The van der Waals surface area contributed by atoms with Gasteiger partial charge in [0.25, 0.3) is 0 Å². The molecule has 0 N–H and O–H groups in total. The van der Waals surface area contributed by atoms with Gasteiger partial charge in [0.05, 0.1) is 18.8 Å². The van der Waals surface area contributed by atoms with Crippen LogP contribution in [0.3, 0.4) is 0 Å². The fourth-order valence-corrected chi connectivity index (χ4v) is 1.04.